The molecule has 0 aliphatic rings. The van der Waals surface area contributed by atoms with Crippen molar-refractivity contribution in [3.05, 3.63) is 57.1 Å². The predicted molar refractivity (Wildman–Crippen MR) is 67.4 cm³/mol. The Morgan fingerprint density at radius 2 is 2.26 bits per heavy atom. The van der Waals surface area contributed by atoms with E-state index in [2.05, 4.69) is 15.5 Å². The normalized spacial score (nSPS) is 10.2. The number of nitrogens with one attached hydrogen (secondary N) is 1. The van der Waals surface area contributed by atoms with E-state index >= 15 is 0 Å². The molecule has 1 N–H and O–H groups in total. The van der Waals surface area contributed by atoms with Crippen molar-refractivity contribution in [1.82, 2.24) is 10.2 Å². The van der Waals surface area contributed by atoms with Crippen molar-refractivity contribution in [3.63, 3.8) is 0 Å². The maximum absolute atomic E-state index is 13.2. The molecule has 0 fully saturated rings. The summed E-state index contributed by atoms with van der Waals surface area (Å²) in [6.45, 7) is 0.219. The summed E-state index contributed by atoms with van der Waals surface area (Å²) >= 11 is 5.61. The quantitative estimate of drug-likeness (QED) is 0.689. The summed E-state index contributed by atoms with van der Waals surface area (Å²) in [4.78, 5) is 10.1. The molecule has 1 heterocycles. The highest BCUT2D eigenvalue weighted by Gasteiger charge is 2.17. The van der Waals surface area contributed by atoms with Gasteiger partial charge in [0.2, 0.25) is 0 Å². The third-order valence-electron chi connectivity index (χ3n) is 2.32. The maximum Gasteiger partial charge on any atom is 0.295 e. The van der Waals surface area contributed by atoms with E-state index in [4.69, 9.17) is 11.6 Å². The van der Waals surface area contributed by atoms with Crippen LogP contribution in [0.15, 0.2) is 30.5 Å². The van der Waals surface area contributed by atoms with Crippen LogP contribution in [-0.4, -0.2) is 15.1 Å². The second-order valence-corrected chi connectivity index (χ2v) is 4.02. The molecule has 0 aliphatic carbocycles. The molecule has 2 aromatic rings. The van der Waals surface area contributed by atoms with E-state index < -0.39 is 10.7 Å². The van der Waals surface area contributed by atoms with Gasteiger partial charge in [-0.15, -0.1) is 0 Å². The zero-order chi connectivity index (χ0) is 13.8. The summed E-state index contributed by atoms with van der Waals surface area (Å²) < 4.78 is 13.2. The summed E-state index contributed by atoms with van der Waals surface area (Å²) in [5, 5.41) is 20.9. The van der Waals surface area contributed by atoms with Gasteiger partial charge in [-0.25, -0.2) is 4.39 Å². The first-order valence-electron chi connectivity index (χ1n) is 5.22. The number of nitrogens with zero attached hydrogens (tertiary/aromatic N) is 3. The van der Waals surface area contributed by atoms with Gasteiger partial charge in [-0.3, -0.25) is 10.1 Å². The fourth-order valence-electron chi connectivity index (χ4n) is 1.44. The predicted octanol–water partition coefficient (Wildman–Crippen LogP) is 2.79. The maximum atomic E-state index is 13.2. The van der Waals surface area contributed by atoms with Crippen LogP contribution in [-0.2, 0) is 6.54 Å². The van der Waals surface area contributed by atoms with Crippen LogP contribution in [0.1, 0.15) is 5.69 Å². The van der Waals surface area contributed by atoms with Gasteiger partial charge in [0.05, 0.1) is 28.3 Å². The molecule has 0 bridgehead atoms. The van der Waals surface area contributed by atoms with E-state index in [0.29, 0.717) is 5.69 Å². The van der Waals surface area contributed by atoms with Crippen molar-refractivity contribution in [3.8, 4) is 0 Å². The fourth-order valence-corrected chi connectivity index (χ4v) is 1.61. The van der Waals surface area contributed by atoms with Crippen LogP contribution in [0.2, 0.25) is 5.02 Å². The lowest BCUT2D eigenvalue weighted by molar-refractivity contribution is -0.384. The molecule has 0 spiro atoms. The van der Waals surface area contributed by atoms with Crippen LogP contribution >= 0.6 is 11.6 Å². The van der Waals surface area contributed by atoms with E-state index in [1.165, 1.54) is 12.3 Å². The molecule has 8 heteroatoms. The summed E-state index contributed by atoms with van der Waals surface area (Å²) in [7, 11) is 0. The Balaban J connectivity index is 2.24. The first-order valence-corrected chi connectivity index (χ1v) is 5.59. The Bertz CT molecular complexity index is 609. The average Bonchev–Trinajstić information content (AvgIpc) is 2.40. The second kappa shape index (κ2) is 5.57. The number of anilines is 1. The van der Waals surface area contributed by atoms with Crippen molar-refractivity contribution >= 4 is 23.0 Å². The van der Waals surface area contributed by atoms with Crippen LogP contribution in [0.4, 0.5) is 15.8 Å². The molecule has 0 atom stereocenters. The largest absolute Gasteiger partial charge is 0.374 e. The van der Waals surface area contributed by atoms with E-state index in [0.717, 1.165) is 6.07 Å². The highest BCUT2D eigenvalue weighted by Crippen LogP contribution is 2.30. The third kappa shape index (κ3) is 3.14. The van der Waals surface area contributed by atoms with Crippen LogP contribution in [0.3, 0.4) is 0 Å². The second-order valence-electron chi connectivity index (χ2n) is 3.61. The summed E-state index contributed by atoms with van der Waals surface area (Å²) in [6, 6.07) is 5.35. The standard InChI is InChI=1S/C11H8ClFN4O2/c12-8-4-10(11(17(18)19)5-9(8)13)14-6-7-2-1-3-15-16-7/h1-5,14H,6H2. The van der Waals surface area contributed by atoms with Gasteiger partial charge in [0.1, 0.15) is 11.5 Å². The molecular formula is C11H8ClFN4O2. The van der Waals surface area contributed by atoms with E-state index in [1.807, 2.05) is 0 Å². The number of hydrogen-bond acceptors (Lipinski definition) is 5. The van der Waals surface area contributed by atoms with E-state index in [9.17, 15) is 14.5 Å². The Kier molecular flexibility index (Phi) is 3.86. The smallest absolute Gasteiger partial charge is 0.295 e. The van der Waals surface area contributed by atoms with Gasteiger partial charge in [0, 0.05) is 6.20 Å². The van der Waals surface area contributed by atoms with Crippen LogP contribution in [0, 0.1) is 15.9 Å². The van der Waals surface area contributed by atoms with Crippen molar-refractivity contribution in [1.29, 1.82) is 0 Å². The summed E-state index contributed by atoms with van der Waals surface area (Å²) in [5.74, 6) is -0.835. The molecule has 0 aliphatic heterocycles. The monoisotopic (exact) mass is 282 g/mol. The van der Waals surface area contributed by atoms with Crippen molar-refractivity contribution in [2.24, 2.45) is 0 Å². The van der Waals surface area contributed by atoms with Crippen LogP contribution < -0.4 is 5.32 Å². The number of benzene rings is 1. The average molecular weight is 283 g/mol. The van der Waals surface area contributed by atoms with Crippen LogP contribution in [0.5, 0.6) is 0 Å². The molecule has 19 heavy (non-hydrogen) atoms. The number of nitro groups is 1. The number of aromatic nitrogens is 2. The zero-order valence-corrected chi connectivity index (χ0v) is 10.3. The molecule has 0 saturated carbocycles. The fraction of sp³-hybridized carbons (Fsp3) is 0.0909. The van der Waals surface area contributed by atoms with Crippen molar-refractivity contribution in [2.45, 2.75) is 6.54 Å². The Morgan fingerprint density at radius 1 is 1.47 bits per heavy atom. The van der Waals surface area contributed by atoms with Gasteiger partial charge < -0.3 is 5.32 Å². The Morgan fingerprint density at radius 3 is 2.89 bits per heavy atom. The first kappa shape index (κ1) is 13.2. The van der Waals surface area contributed by atoms with E-state index in [1.54, 1.807) is 12.1 Å². The van der Waals surface area contributed by atoms with Gasteiger partial charge in [-0.1, -0.05) is 11.6 Å². The van der Waals surface area contributed by atoms with Crippen LogP contribution in [0.25, 0.3) is 0 Å². The SMILES string of the molecule is O=[N+]([O-])c1cc(F)c(Cl)cc1NCc1cccnn1. The molecule has 2 rings (SSSR count). The number of rotatable bonds is 4. The summed E-state index contributed by atoms with van der Waals surface area (Å²) in [5.41, 5.74) is 0.338. The molecule has 98 valence electrons. The highest BCUT2D eigenvalue weighted by molar-refractivity contribution is 6.31. The minimum Gasteiger partial charge on any atom is -0.374 e. The Hall–Kier alpha value is -2.28. The Labute approximate surface area is 112 Å². The van der Waals surface area contributed by atoms with Gasteiger partial charge in [-0.2, -0.15) is 10.2 Å². The van der Waals surface area contributed by atoms with Gasteiger partial charge in [0.25, 0.3) is 5.69 Å². The molecular weight excluding hydrogens is 275 g/mol. The molecule has 1 aromatic heterocycles. The van der Waals surface area contributed by atoms with Crippen molar-refractivity contribution in [2.75, 3.05) is 5.32 Å². The lowest BCUT2D eigenvalue weighted by Crippen LogP contribution is -2.05. The third-order valence-corrected chi connectivity index (χ3v) is 2.61. The van der Waals surface area contributed by atoms with Gasteiger partial charge in [-0.05, 0) is 18.2 Å². The topological polar surface area (TPSA) is 81.0 Å². The highest BCUT2D eigenvalue weighted by atomic mass is 35.5. The molecule has 0 saturated heterocycles. The number of hydrogen-bond donors (Lipinski definition) is 1. The zero-order valence-electron chi connectivity index (χ0n) is 9.51. The summed E-state index contributed by atoms with van der Waals surface area (Å²) in [6.07, 6.45) is 1.51. The molecule has 0 unspecified atom stereocenters. The minimum absolute atomic E-state index is 0.127. The molecule has 0 amide bonds. The molecule has 6 nitrogen and oxygen atoms in total. The molecule has 1 aromatic carbocycles. The van der Waals surface area contributed by atoms with Crippen molar-refractivity contribution < 1.29 is 9.31 Å². The van der Waals surface area contributed by atoms with Gasteiger partial charge >= 0.3 is 0 Å². The lowest BCUT2D eigenvalue weighted by Gasteiger charge is -2.07. The first-order chi connectivity index (χ1) is 9.08. The van der Waals surface area contributed by atoms with Gasteiger partial charge in [0.15, 0.2) is 0 Å². The lowest BCUT2D eigenvalue weighted by atomic mass is 10.2. The number of halogens is 2. The minimum atomic E-state index is -0.835. The molecule has 0 radical (unpaired) electrons. The van der Waals surface area contributed by atoms with E-state index in [-0.39, 0.29) is 22.9 Å². The number of nitro benzene ring substituents is 1.